The highest BCUT2D eigenvalue weighted by Crippen LogP contribution is 2.32. The van der Waals surface area contributed by atoms with Gasteiger partial charge in [0.25, 0.3) is 0 Å². The Morgan fingerprint density at radius 2 is 2.09 bits per heavy atom. The number of amides is 2. The number of nitrogens with zero attached hydrogens (tertiary/aromatic N) is 5. The molecule has 2 aliphatic heterocycles. The Bertz CT molecular complexity index is 568. The molecule has 2 amide bonds. The summed E-state index contributed by atoms with van der Waals surface area (Å²) in [7, 11) is 1.82. The number of aliphatic hydroxyl groups excluding tert-OH is 1. The van der Waals surface area contributed by atoms with Gasteiger partial charge in [-0.15, -0.1) is 0 Å². The van der Waals surface area contributed by atoms with Crippen LogP contribution in [0.3, 0.4) is 0 Å². The van der Waals surface area contributed by atoms with Crippen LogP contribution in [0.15, 0.2) is 12.4 Å². The van der Waals surface area contributed by atoms with Gasteiger partial charge in [-0.05, 0) is 19.3 Å². The summed E-state index contributed by atoms with van der Waals surface area (Å²) >= 11 is 0. The van der Waals surface area contributed by atoms with E-state index in [0.29, 0.717) is 12.1 Å². The normalized spacial score (nSPS) is 30.4. The minimum Gasteiger partial charge on any atom is -0.391 e. The summed E-state index contributed by atoms with van der Waals surface area (Å²) in [6.45, 7) is 3.38. The van der Waals surface area contributed by atoms with Gasteiger partial charge in [0.05, 0.1) is 24.0 Å². The van der Waals surface area contributed by atoms with Crippen molar-refractivity contribution in [1.82, 2.24) is 19.6 Å². The molecule has 3 heterocycles. The highest BCUT2D eigenvalue weighted by Gasteiger charge is 2.39. The Morgan fingerprint density at radius 3 is 2.73 bits per heavy atom. The predicted molar refractivity (Wildman–Crippen MR) is 81.9 cm³/mol. The average molecular weight is 305 g/mol. The van der Waals surface area contributed by atoms with Crippen LogP contribution in [-0.4, -0.2) is 76.1 Å². The first-order valence-corrected chi connectivity index (χ1v) is 8.12. The number of urea groups is 1. The van der Waals surface area contributed by atoms with Crippen molar-refractivity contribution in [2.45, 2.75) is 37.5 Å². The van der Waals surface area contributed by atoms with Crippen LogP contribution in [0.5, 0.6) is 0 Å². The Balaban J connectivity index is 1.38. The van der Waals surface area contributed by atoms with Crippen LogP contribution in [-0.2, 0) is 0 Å². The maximum absolute atomic E-state index is 12.0. The van der Waals surface area contributed by atoms with E-state index in [1.807, 2.05) is 17.9 Å². The topological polar surface area (TPSA) is 64.8 Å². The zero-order chi connectivity index (χ0) is 15.3. The standard InChI is InChI=1S/C15H23N5O2/c1-17-5-6-19(15(17)22)11-7-16-20(10-11)12-8-18(9-12)13-3-2-4-14(13)21/h7,10,12-14,21H,2-6,8-9H2,1H3. The van der Waals surface area contributed by atoms with Crippen molar-refractivity contribution in [2.24, 2.45) is 0 Å². The maximum atomic E-state index is 12.0. The van der Waals surface area contributed by atoms with Gasteiger partial charge in [-0.3, -0.25) is 14.5 Å². The summed E-state index contributed by atoms with van der Waals surface area (Å²) in [6.07, 6.45) is 6.76. The third-order valence-electron chi connectivity index (χ3n) is 5.29. The van der Waals surface area contributed by atoms with Crippen molar-refractivity contribution >= 4 is 11.7 Å². The van der Waals surface area contributed by atoms with Gasteiger partial charge in [-0.1, -0.05) is 0 Å². The lowest BCUT2D eigenvalue weighted by molar-refractivity contribution is 0.0000213. The van der Waals surface area contributed by atoms with E-state index >= 15 is 0 Å². The van der Waals surface area contributed by atoms with Crippen LogP contribution in [0.1, 0.15) is 25.3 Å². The van der Waals surface area contributed by atoms with Gasteiger partial charge in [0.15, 0.2) is 0 Å². The van der Waals surface area contributed by atoms with Crippen LogP contribution in [0.25, 0.3) is 0 Å². The summed E-state index contributed by atoms with van der Waals surface area (Å²) in [6, 6.07) is 0.737. The molecule has 1 aliphatic carbocycles. The van der Waals surface area contributed by atoms with Crippen LogP contribution < -0.4 is 4.90 Å². The summed E-state index contributed by atoms with van der Waals surface area (Å²) in [5.74, 6) is 0. The molecule has 0 bridgehead atoms. The van der Waals surface area contributed by atoms with E-state index in [9.17, 15) is 9.90 Å². The molecule has 0 aromatic carbocycles. The molecular weight excluding hydrogens is 282 g/mol. The largest absolute Gasteiger partial charge is 0.391 e. The summed E-state index contributed by atoms with van der Waals surface area (Å²) in [5.41, 5.74) is 0.883. The first kappa shape index (κ1) is 14.0. The molecule has 2 saturated heterocycles. The van der Waals surface area contributed by atoms with Crippen molar-refractivity contribution in [3.05, 3.63) is 12.4 Å². The minimum absolute atomic E-state index is 0.0452. The number of carbonyl (C=O) groups is 1. The smallest absolute Gasteiger partial charge is 0.324 e. The number of aromatic nitrogens is 2. The molecule has 22 heavy (non-hydrogen) atoms. The van der Waals surface area contributed by atoms with Crippen molar-refractivity contribution in [1.29, 1.82) is 0 Å². The van der Waals surface area contributed by atoms with Crippen molar-refractivity contribution in [2.75, 3.05) is 38.1 Å². The molecule has 3 fully saturated rings. The molecule has 0 spiro atoms. The monoisotopic (exact) mass is 305 g/mol. The molecule has 7 nitrogen and oxygen atoms in total. The third kappa shape index (κ3) is 2.19. The second kappa shape index (κ2) is 5.24. The quantitative estimate of drug-likeness (QED) is 0.884. The van der Waals surface area contributed by atoms with Crippen LogP contribution in [0.4, 0.5) is 10.5 Å². The molecule has 0 radical (unpaired) electrons. The molecule has 3 aliphatic rings. The molecule has 120 valence electrons. The minimum atomic E-state index is -0.160. The molecule has 2 unspecified atom stereocenters. The highest BCUT2D eigenvalue weighted by molar-refractivity contribution is 5.93. The number of likely N-dealkylation sites (tertiary alicyclic amines) is 1. The van der Waals surface area contributed by atoms with Gasteiger partial charge < -0.3 is 10.0 Å². The van der Waals surface area contributed by atoms with E-state index in [4.69, 9.17) is 0 Å². The average Bonchev–Trinajstić information content (AvgIpc) is 3.14. The first-order chi connectivity index (χ1) is 10.6. The number of hydrogen-bond donors (Lipinski definition) is 1. The predicted octanol–water partition coefficient (Wildman–Crippen LogP) is 0.525. The Labute approximate surface area is 130 Å². The number of aliphatic hydroxyl groups is 1. The van der Waals surface area contributed by atoms with Crippen molar-refractivity contribution in [3.63, 3.8) is 0 Å². The molecule has 1 aromatic heterocycles. The molecular formula is C15H23N5O2. The molecule has 1 N–H and O–H groups in total. The van der Waals surface area contributed by atoms with Crippen molar-refractivity contribution < 1.29 is 9.90 Å². The molecule has 1 aromatic rings. The van der Waals surface area contributed by atoms with E-state index in [2.05, 4.69) is 10.00 Å². The van der Waals surface area contributed by atoms with E-state index in [1.54, 1.807) is 16.0 Å². The van der Waals surface area contributed by atoms with Gasteiger partial charge in [0, 0.05) is 45.5 Å². The SMILES string of the molecule is CN1CCN(c2cnn(C3CN(C4CCCC4O)C3)c2)C1=O. The molecule has 7 heteroatoms. The Kier molecular flexibility index (Phi) is 3.34. The lowest BCUT2D eigenvalue weighted by atomic mass is 10.0. The van der Waals surface area contributed by atoms with E-state index in [1.165, 1.54) is 0 Å². The fourth-order valence-electron chi connectivity index (χ4n) is 3.83. The number of anilines is 1. The van der Waals surface area contributed by atoms with Gasteiger partial charge in [0.2, 0.25) is 0 Å². The van der Waals surface area contributed by atoms with E-state index < -0.39 is 0 Å². The van der Waals surface area contributed by atoms with Crippen LogP contribution in [0, 0.1) is 0 Å². The fourth-order valence-corrected chi connectivity index (χ4v) is 3.83. The zero-order valence-corrected chi connectivity index (χ0v) is 12.9. The summed E-state index contributed by atoms with van der Waals surface area (Å²) in [4.78, 5) is 17.9. The molecule has 1 saturated carbocycles. The number of hydrogen-bond acceptors (Lipinski definition) is 4. The van der Waals surface area contributed by atoms with Gasteiger partial charge in [-0.25, -0.2) is 4.79 Å². The summed E-state index contributed by atoms with van der Waals surface area (Å²) in [5, 5.41) is 14.4. The lowest BCUT2D eigenvalue weighted by Crippen LogP contribution is -2.55. The van der Waals surface area contributed by atoms with Crippen LogP contribution >= 0.6 is 0 Å². The maximum Gasteiger partial charge on any atom is 0.324 e. The zero-order valence-electron chi connectivity index (χ0n) is 12.9. The Hall–Kier alpha value is -1.60. The second-order valence-electron chi connectivity index (χ2n) is 6.71. The first-order valence-electron chi connectivity index (χ1n) is 8.12. The number of carbonyl (C=O) groups excluding carboxylic acids is 1. The lowest BCUT2D eigenvalue weighted by Gasteiger charge is -2.44. The second-order valence-corrected chi connectivity index (χ2v) is 6.71. The highest BCUT2D eigenvalue weighted by atomic mass is 16.3. The number of likely N-dealkylation sites (N-methyl/N-ethyl adjacent to an activating group) is 1. The van der Waals surface area contributed by atoms with E-state index in [-0.39, 0.29) is 12.1 Å². The number of rotatable bonds is 3. The van der Waals surface area contributed by atoms with Gasteiger partial charge in [0.1, 0.15) is 0 Å². The third-order valence-corrected chi connectivity index (χ3v) is 5.29. The Morgan fingerprint density at radius 1 is 1.27 bits per heavy atom. The van der Waals surface area contributed by atoms with Gasteiger partial charge in [-0.2, -0.15) is 5.10 Å². The van der Waals surface area contributed by atoms with Crippen LogP contribution in [0.2, 0.25) is 0 Å². The van der Waals surface area contributed by atoms with Crippen molar-refractivity contribution in [3.8, 4) is 0 Å². The summed E-state index contributed by atoms with van der Waals surface area (Å²) < 4.78 is 1.97. The fraction of sp³-hybridized carbons (Fsp3) is 0.733. The molecule has 2 atom stereocenters. The van der Waals surface area contributed by atoms with E-state index in [0.717, 1.165) is 51.1 Å². The van der Waals surface area contributed by atoms with Gasteiger partial charge >= 0.3 is 6.03 Å². The molecule has 4 rings (SSSR count).